The van der Waals surface area contributed by atoms with Gasteiger partial charge in [0.05, 0.1) is 23.8 Å². The van der Waals surface area contributed by atoms with Crippen LogP contribution in [-0.2, 0) is 9.53 Å². The normalized spacial score (nSPS) is 16.5. The Balaban J connectivity index is 1.69. The van der Waals surface area contributed by atoms with E-state index in [1.807, 2.05) is 6.07 Å². The summed E-state index contributed by atoms with van der Waals surface area (Å²) in [6.07, 6.45) is 0. The number of hydrogen-bond donors (Lipinski definition) is 1. The predicted molar refractivity (Wildman–Crippen MR) is 113 cm³/mol. The minimum Gasteiger partial charge on any atom is -0.378 e. The fourth-order valence-corrected chi connectivity index (χ4v) is 3.48. The lowest BCUT2D eigenvalue weighted by Crippen LogP contribution is -2.41. The van der Waals surface area contributed by atoms with E-state index in [0.29, 0.717) is 37.4 Å². The highest BCUT2D eigenvalue weighted by Crippen LogP contribution is 2.31. The second-order valence-corrected chi connectivity index (χ2v) is 7.01. The Morgan fingerprint density at radius 1 is 1.12 bits per heavy atom. The first-order chi connectivity index (χ1) is 15.5. The van der Waals surface area contributed by atoms with E-state index in [1.54, 1.807) is 24.3 Å². The number of carbonyl (C=O) groups excluding carboxylic acids is 2. The lowest BCUT2D eigenvalue weighted by atomic mass is 10.0. The Morgan fingerprint density at radius 3 is 2.53 bits per heavy atom. The highest BCUT2D eigenvalue weighted by molar-refractivity contribution is 6.20. The number of fused-ring (bicyclic) bond motifs is 1. The molecule has 1 saturated heterocycles. The van der Waals surface area contributed by atoms with E-state index in [-0.39, 0.29) is 28.4 Å². The van der Waals surface area contributed by atoms with Crippen LogP contribution in [0.5, 0.6) is 0 Å². The number of benzene rings is 2. The van der Waals surface area contributed by atoms with Crippen molar-refractivity contribution in [3.8, 4) is 6.07 Å². The number of rotatable bonds is 3. The number of nitro groups is 1. The van der Waals surface area contributed by atoms with Gasteiger partial charge in [0.15, 0.2) is 0 Å². The first kappa shape index (κ1) is 20.9. The summed E-state index contributed by atoms with van der Waals surface area (Å²) >= 11 is 0. The molecule has 160 valence electrons. The van der Waals surface area contributed by atoms with Crippen molar-refractivity contribution in [3.63, 3.8) is 0 Å². The Labute approximate surface area is 182 Å². The molecule has 2 aromatic rings. The number of hydrogen-bond acceptors (Lipinski definition) is 7. The molecule has 0 spiro atoms. The number of nitrogens with one attached hydrogen (secondary N) is 1. The molecule has 0 unspecified atom stereocenters. The van der Waals surface area contributed by atoms with Crippen LogP contribution in [0.2, 0.25) is 0 Å². The van der Waals surface area contributed by atoms with E-state index in [2.05, 4.69) is 10.3 Å². The summed E-state index contributed by atoms with van der Waals surface area (Å²) in [5.41, 5.74) is 1.01. The molecule has 10 nitrogen and oxygen atoms in total. The van der Waals surface area contributed by atoms with Crippen LogP contribution in [0.15, 0.2) is 59.1 Å². The molecule has 2 aliphatic rings. The van der Waals surface area contributed by atoms with Gasteiger partial charge in [0.25, 0.3) is 17.5 Å². The maximum absolute atomic E-state index is 12.9. The first-order valence-electron chi connectivity index (χ1n) is 9.75. The van der Waals surface area contributed by atoms with E-state index in [9.17, 15) is 25.0 Å². The summed E-state index contributed by atoms with van der Waals surface area (Å²) in [6.45, 7) is 1.53. The quantitative estimate of drug-likeness (QED) is 0.341. The topological polar surface area (TPSA) is 138 Å². The minimum atomic E-state index is -0.596. The molecule has 4 rings (SSSR count). The Morgan fingerprint density at radius 2 is 1.84 bits per heavy atom. The summed E-state index contributed by atoms with van der Waals surface area (Å²) in [6, 6.07) is 14.2. The number of amides is 2. The largest absolute Gasteiger partial charge is 0.378 e. The summed E-state index contributed by atoms with van der Waals surface area (Å²) in [4.78, 5) is 42.0. The summed E-state index contributed by atoms with van der Waals surface area (Å²) < 4.78 is 5.26. The molecule has 10 heteroatoms. The van der Waals surface area contributed by atoms with Crippen molar-refractivity contribution in [1.82, 2.24) is 10.2 Å². The zero-order valence-electron chi connectivity index (χ0n) is 16.8. The zero-order valence-corrected chi connectivity index (χ0v) is 16.8. The van der Waals surface area contributed by atoms with Gasteiger partial charge >= 0.3 is 0 Å². The molecule has 1 N–H and O–H groups in total. The Bertz CT molecular complexity index is 1220. The smallest absolute Gasteiger partial charge is 0.270 e. The first-order valence-corrected chi connectivity index (χ1v) is 9.75. The molecule has 2 aromatic carbocycles. The number of carbonyl (C=O) groups is 2. The van der Waals surface area contributed by atoms with Crippen LogP contribution in [0.25, 0.3) is 5.70 Å². The van der Waals surface area contributed by atoms with Crippen molar-refractivity contribution >= 4 is 29.0 Å². The maximum Gasteiger partial charge on any atom is 0.270 e. The molecular formula is C22H17N5O5. The van der Waals surface area contributed by atoms with Crippen molar-refractivity contribution in [1.29, 1.82) is 5.26 Å². The van der Waals surface area contributed by atoms with Crippen molar-refractivity contribution in [2.45, 2.75) is 0 Å². The highest BCUT2D eigenvalue weighted by atomic mass is 16.6. The third-order valence-corrected chi connectivity index (χ3v) is 5.07. The summed E-state index contributed by atoms with van der Waals surface area (Å²) in [5.74, 6) is -0.883. The van der Waals surface area contributed by atoms with Crippen LogP contribution in [0.4, 0.5) is 5.69 Å². The van der Waals surface area contributed by atoms with Gasteiger partial charge in [-0.2, -0.15) is 5.26 Å². The molecule has 32 heavy (non-hydrogen) atoms. The molecule has 0 radical (unpaired) electrons. The maximum atomic E-state index is 12.9. The lowest BCUT2D eigenvalue weighted by Gasteiger charge is -2.26. The zero-order chi connectivity index (χ0) is 22.7. The van der Waals surface area contributed by atoms with Gasteiger partial charge in [0, 0.05) is 41.9 Å². The molecular weight excluding hydrogens is 414 g/mol. The second-order valence-electron chi connectivity index (χ2n) is 7.01. The average molecular weight is 431 g/mol. The SMILES string of the molecule is N#C/C(C(=O)N1CCOCC1)=C1/N=C(NC(=O)c2cccc([N+](=O)[O-])c2)c2ccccc21. The van der Waals surface area contributed by atoms with E-state index in [0.717, 1.165) is 6.07 Å². The van der Waals surface area contributed by atoms with E-state index in [4.69, 9.17) is 4.74 Å². The molecule has 2 aliphatic heterocycles. The Hall–Kier alpha value is -4.36. The second kappa shape index (κ2) is 8.79. The van der Waals surface area contributed by atoms with Crippen LogP contribution in [0.3, 0.4) is 0 Å². The lowest BCUT2D eigenvalue weighted by molar-refractivity contribution is -0.384. The predicted octanol–water partition coefficient (Wildman–Crippen LogP) is 1.88. The molecule has 0 aliphatic carbocycles. The molecule has 0 aromatic heterocycles. The minimum absolute atomic E-state index is 0.0849. The molecule has 0 bridgehead atoms. The monoisotopic (exact) mass is 431 g/mol. The average Bonchev–Trinajstić information content (AvgIpc) is 3.18. The number of ether oxygens (including phenoxy) is 1. The molecule has 0 saturated carbocycles. The van der Waals surface area contributed by atoms with Crippen molar-refractivity contribution in [3.05, 3.63) is 80.9 Å². The van der Waals surface area contributed by atoms with Crippen LogP contribution in [0, 0.1) is 21.4 Å². The van der Waals surface area contributed by atoms with E-state index >= 15 is 0 Å². The number of morpholine rings is 1. The Kier molecular flexibility index (Phi) is 5.74. The third kappa shape index (κ3) is 3.97. The van der Waals surface area contributed by atoms with Gasteiger partial charge in [-0.25, -0.2) is 4.99 Å². The molecule has 0 atom stereocenters. The molecule has 2 amide bonds. The highest BCUT2D eigenvalue weighted by Gasteiger charge is 2.30. The van der Waals surface area contributed by atoms with Gasteiger partial charge in [-0.1, -0.05) is 30.3 Å². The van der Waals surface area contributed by atoms with Gasteiger partial charge in [0.1, 0.15) is 17.5 Å². The van der Waals surface area contributed by atoms with E-state index < -0.39 is 16.7 Å². The van der Waals surface area contributed by atoms with Gasteiger partial charge in [-0.05, 0) is 6.07 Å². The fraction of sp³-hybridized carbons (Fsp3) is 0.182. The third-order valence-electron chi connectivity index (χ3n) is 5.07. The number of amidine groups is 1. The standard InChI is InChI=1S/C22H17N5O5/c23-13-18(22(29)26-8-10-32-11-9-26)19-16-6-1-2-7-17(16)20(24-19)25-21(28)14-4-3-5-15(12-14)27(30)31/h1-7,12H,8-11H2,(H,24,25,28)/b19-18-. The number of non-ortho nitro benzene ring substituents is 1. The van der Waals surface area contributed by atoms with Crippen molar-refractivity contribution in [2.75, 3.05) is 26.3 Å². The fourth-order valence-electron chi connectivity index (χ4n) is 3.48. The van der Waals surface area contributed by atoms with Gasteiger partial charge < -0.3 is 15.0 Å². The molecule has 1 fully saturated rings. The molecule has 2 heterocycles. The van der Waals surface area contributed by atoms with Gasteiger partial charge in [-0.15, -0.1) is 0 Å². The van der Waals surface area contributed by atoms with Gasteiger partial charge in [0.2, 0.25) is 0 Å². The number of aliphatic imine (C=N–C) groups is 1. The van der Waals surface area contributed by atoms with Crippen LogP contribution in [0.1, 0.15) is 21.5 Å². The number of nitriles is 1. The summed E-state index contributed by atoms with van der Waals surface area (Å²) in [5, 5.41) is 23.4. The van der Waals surface area contributed by atoms with Gasteiger partial charge in [-0.3, -0.25) is 19.7 Å². The van der Waals surface area contributed by atoms with Crippen LogP contribution >= 0.6 is 0 Å². The van der Waals surface area contributed by atoms with Crippen molar-refractivity contribution < 1.29 is 19.2 Å². The summed E-state index contributed by atoms with van der Waals surface area (Å²) in [7, 11) is 0. The number of nitro benzene ring substituents is 1. The van der Waals surface area contributed by atoms with E-state index in [1.165, 1.54) is 23.1 Å². The van der Waals surface area contributed by atoms with Crippen LogP contribution in [-0.4, -0.2) is 53.8 Å². The number of nitrogens with zero attached hydrogens (tertiary/aromatic N) is 4. The van der Waals surface area contributed by atoms with Crippen LogP contribution < -0.4 is 5.32 Å². The van der Waals surface area contributed by atoms with Crippen molar-refractivity contribution in [2.24, 2.45) is 4.99 Å².